The molecule has 3 rings (SSSR count). The van der Waals surface area contributed by atoms with Gasteiger partial charge in [-0.3, -0.25) is 0 Å². The minimum absolute atomic E-state index is 0.371. The number of ether oxygens (including phenoxy) is 1. The van der Waals surface area contributed by atoms with Crippen LogP contribution in [0.2, 0.25) is 0 Å². The fourth-order valence-electron chi connectivity index (χ4n) is 5.17. The van der Waals surface area contributed by atoms with Gasteiger partial charge in [-0.15, -0.1) is 11.3 Å². The SMILES string of the molecule is CCCCCCN(CCCCCC)c1ccc(-c2ccc(C3=C(C#N)C(C(C#N)C#N)OC3(C)C)cc2)s1. The quantitative estimate of drug-likeness (QED) is 0.229. The summed E-state index contributed by atoms with van der Waals surface area (Å²) in [6.45, 7) is 10.5. The maximum atomic E-state index is 9.90. The van der Waals surface area contributed by atoms with Crippen LogP contribution in [0.3, 0.4) is 0 Å². The maximum Gasteiger partial charge on any atom is 0.164 e. The molecule has 1 aromatic carbocycles. The second kappa shape index (κ2) is 14.2. The molecule has 1 unspecified atom stereocenters. The zero-order valence-corrected chi connectivity index (χ0v) is 24.1. The van der Waals surface area contributed by atoms with Crippen LogP contribution in [0.15, 0.2) is 42.0 Å². The number of hydrogen-bond donors (Lipinski definition) is 0. The van der Waals surface area contributed by atoms with Crippen LogP contribution in [0, 0.1) is 39.9 Å². The maximum absolute atomic E-state index is 9.90. The van der Waals surface area contributed by atoms with Crippen molar-refractivity contribution in [3.63, 3.8) is 0 Å². The van der Waals surface area contributed by atoms with Crippen LogP contribution >= 0.6 is 11.3 Å². The molecule has 2 heterocycles. The van der Waals surface area contributed by atoms with Crippen LogP contribution < -0.4 is 4.90 Å². The van der Waals surface area contributed by atoms with Gasteiger partial charge in [0.25, 0.3) is 0 Å². The van der Waals surface area contributed by atoms with Crippen molar-refractivity contribution >= 4 is 21.9 Å². The Hall–Kier alpha value is -3.11. The predicted octanol–water partition coefficient (Wildman–Crippen LogP) is 8.50. The Bertz CT molecular complexity index is 1180. The van der Waals surface area contributed by atoms with Gasteiger partial charge in [0.1, 0.15) is 6.10 Å². The van der Waals surface area contributed by atoms with Gasteiger partial charge < -0.3 is 9.64 Å². The van der Waals surface area contributed by atoms with Crippen molar-refractivity contribution in [1.82, 2.24) is 0 Å². The Morgan fingerprint density at radius 1 is 0.842 bits per heavy atom. The van der Waals surface area contributed by atoms with E-state index < -0.39 is 17.6 Å². The van der Waals surface area contributed by atoms with E-state index in [4.69, 9.17) is 4.74 Å². The minimum Gasteiger partial charge on any atom is -0.363 e. The van der Waals surface area contributed by atoms with E-state index in [-0.39, 0.29) is 0 Å². The molecule has 0 aliphatic carbocycles. The van der Waals surface area contributed by atoms with Gasteiger partial charge in [-0.05, 0) is 49.9 Å². The first-order chi connectivity index (χ1) is 18.4. The van der Waals surface area contributed by atoms with Gasteiger partial charge in [0.15, 0.2) is 5.92 Å². The third kappa shape index (κ3) is 7.05. The third-order valence-corrected chi connectivity index (χ3v) is 8.40. The number of rotatable bonds is 14. The average Bonchev–Trinajstić information content (AvgIpc) is 3.51. The van der Waals surface area contributed by atoms with E-state index in [2.05, 4.69) is 49.1 Å². The number of thiophene rings is 1. The lowest BCUT2D eigenvalue weighted by molar-refractivity contribution is -0.00430. The van der Waals surface area contributed by atoms with Gasteiger partial charge in [0, 0.05) is 23.5 Å². The Labute approximate surface area is 233 Å². The molecule has 0 bridgehead atoms. The lowest BCUT2D eigenvalue weighted by atomic mass is 9.87. The summed E-state index contributed by atoms with van der Waals surface area (Å²) in [4.78, 5) is 3.79. The van der Waals surface area contributed by atoms with Crippen LogP contribution in [0.5, 0.6) is 0 Å². The molecule has 0 radical (unpaired) electrons. The van der Waals surface area contributed by atoms with Crippen molar-refractivity contribution in [3.8, 4) is 28.6 Å². The van der Waals surface area contributed by atoms with Crippen molar-refractivity contribution in [3.05, 3.63) is 47.5 Å². The number of anilines is 1. The first-order valence-corrected chi connectivity index (χ1v) is 14.8. The molecule has 200 valence electrons. The smallest absolute Gasteiger partial charge is 0.164 e. The van der Waals surface area contributed by atoms with Crippen LogP contribution in [-0.4, -0.2) is 24.8 Å². The van der Waals surface area contributed by atoms with Crippen LogP contribution in [0.4, 0.5) is 5.00 Å². The lowest BCUT2D eigenvalue weighted by Gasteiger charge is -2.24. The number of unbranched alkanes of at least 4 members (excludes halogenated alkanes) is 6. The zero-order valence-electron chi connectivity index (χ0n) is 23.3. The van der Waals surface area contributed by atoms with E-state index in [1.54, 1.807) is 0 Å². The molecule has 0 N–H and O–H groups in total. The Morgan fingerprint density at radius 2 is 1.42 bits per heavy atom. The van der Waals surface area contributed by atoms with Crippen molar-refractivity contribution in [2.24, 2.45) is 5.92 Å². The van der Waals surface area contributed by atoms with E-state index in [1.165, 1.54) is 61.2 Å². The molecule has 0 spiro atoms. The van der Waals surface area contributed by atoms with Crippen molar-refractivity contribution in [2.75, 3.05) is 18.0 Å². The van der Waals surface area contributed by atoms with E-state index in [1.807, 2.05) is 49.5 Å². The highest BCUT2D eigenvalue weighted by Gasteiger charge is 2.44. The molecule has 0 fully saturated rings. The normalized spacial score (nSPS) is 16.3. The fourth-order valence-corrected chi connectivity index (χ4v) is 6.23. The summed E-state index contributed by atoms with van der Waals surface area (Å²) < 4.78 is 6.06. The fraction of sp³-hybridized carbons (Fsp3) is 0.531. The first-order valence-electron chi connectivity index (χ1n) is 14.0. The molecule has 0 saturated heterocycles. The highest BCUT2D eigenvalue weighted by molar-refractivity contribution is 7.19. The largest absolute Gasteiger partial charge is 0.363 e. The van der Waals surface area contributed by atoms with Crippen LogP contribution in [-0.2, 0) is 4.74 Å². The Balaban J connectivity index is 1.82. The third-order valence-electron chi connectivity index (χ3n) is 7.20. The van der Waals surface area contributed by atoms with Crippen molar-refractivity contribution in [2.45, 2.75) is 90.8 Å². The van der Waals surface area contributed by atoms with Gasteiger partial charge in [-0.1, -0.05) is 76.6 Å². The highest BCUT2D eigenvalue weighted by Crippen LogP contribution is 2.44. The number of nitrogens with zero attached hydrogens (tertiary/aromatic N) is 4. The molecule has 2 aromatic rings. The number of benzene rings is 1. The minimum atomic E-state index is -1.02. The van der Waals surface area contributed by atoms with E-state index in [0.717, 1.165) is 29.8 Å². The van der Waals surface area contributed by atoms with Gasteiger partial charge in [-0.25, -0.2) is 0 Å². The summed E-state index contributed by atoms with van der Waals surface area (Å²) in [6.07, 6.45) is 9.30. The summed E-state index contributed by atoms with van der Waals surface area (Å²) >= 11 is 1.84. The standard InChI is InChI=1S/C32H40N4OS/c1-5-7-9-11-19-36(20-12-10-8-6-2)29-18-17-28(38-29)24-13-15-25(16-14-24)30-27(23-35)31(26(21-33)22-34)37-32(30,3)4/h13-18,26,31H,5-12,19-20H2,1-4H3. The predicted molar refractivity (Wildman–Crippen MR) is 156 cm³/mol. The molecule has 0 saturated carbocycles. The van der Waals surface area contributed by atoms with Crippen LogP contribution in [0.25, 0.3) is 16.0 Å². The van der Waals surface area contributed by atoms with Crippen molar-refractivity contribution in [1.29, 1.82) is 15.8 Å². The molecule has 38 heavy (non-hydrogen) atoms. The summed E-state index contributed by atoms with van der Waals surface area (Å²) in [5, 5.41) is 30.0. The van der Waals surface area contributed by atoms with E-state index in [9.17, 15) is 15.8 Å². The van der Waals surface area contributed by atoms with Crippen LogP contribution in [0.1, 0.15) is 84.6 Å². The topological polar surface area (TPSA) is 83.8 Å². The molecule has 1 aliphatic heterocycles. The zero-order chi connectivity index (χ0) is 27.5. The molecule has 1 aliphatic rings. The molecule has 0 amide bonds. The first kappa shape index (κ1) is 29.4. The Morgan fingerprint density at radius 3 is 1.95 bits per heavy atom. The monoisotopic (exact) mass is 528 g/mol. The average molecular weight is 529 g/mol. The van der Waals surface area contributed by atoms with E-state index in [0.29, 0.717) is 5.57 Å². The van der Waals surface area contributed by atoms with Gasteiger partial charge in [0.05, 0.1) is 34.4 Å². The van der Waals surface area contributed by atoms with Gasteiger partial charge >= 0.3 is 0 Å². The summed E-state index contributed by atoms with van der Waals surface area (Å²) in [5.41, 5.74) is 2.38. The van der Waals surface area contributed by atoms with E-state index >= 15 is 0 Å². The molecule has 6 heteroatoms. The number of hydrogen-bond acceptors (Lipinski definition) is 6. The second-order valence-electron chi connectivity index (χ2n) is 10.5. The molecule has 1 aromatic heterocycles. The number of nitriles is 3. The molecular formula is C32H40N4OS. The van der Waals surface area contributed by atoms with Crippen molar-refractivity contribution < 1.29 is 4.74 Å². The van der Waals surface area contributed by atoms with Gasteiger partial charge in [-0.2, -0.15) is 15.8 Å². The second-order valence-corrected chi connectivity index (χ2v) is 11.6. The summed E-state index contributed by atoms with van der Waals surface area (Å²) in [7, 11) is 0. The lowest BCUT2D eigenvalue weighted by Crippen LogP contribution is -2.27. The highest BCUT2D eigenvalue weighted by atomic mass is 32.1. The summed E-state index contributed by atoms with van der Waals surface area (Å²) in [5.74, 6) is -1.02. The molecule has 1 atom stereocenters. The Kier molecular flexibility index (Phi) is 11.0. The summed E-state index contributed by atoms with van der Waals surface area (Å²) in [6, 6.07) is 18.9. The molecular weight excluding hydrogens is 488 g/mol. The van der Waals surface area contributed by atoms with Gasteiger partial charge in [0.2, 0.25) is 0 Å². The molecule has 5 nitrogen and oxygen atoms in total.